The van der Waals surface area contributed by atoms with Crippen LogP contribution in [0.15, 0.2) is 16.6 Å². The van der Waals surface area contributed by atoms with Crippen LogP contribution in [0.3, 0.4) is 0 Å². The van der Waals surface area contributed by atoms with Crippen molar-refractivity contribution in [2.45, 2.75) is 57.8 Å². The molecule has 0 saturated carbocycles. The van der Waals surface area contributed by atoms with Crippen molar-refractivity contribution < 1.29 is 14.3 Å². The average molecular weight is 392 g/mol. The summed E-state index contributed by atoms with van der Waals surface area (Å²) in [6, 6.07) is 0.511. The van der Waals surface area contributed by atoms with Crippen LogP contribution in [-0.2, 0) is 9.53 Å². The average Bonchev–Trinajstić information content (AvgIpc) is 2.95. The first-order valence-electron chi connectivity index (χ1n) is 10.4. The molecule has 1 unspecified atom stereocenters. The van der Waals surface area contributed by atoms with Gasteiger partial charge in [-0.05, 0) is 33.1 Å². The molecular weight excluding hydrogens is 358 g/mol. The molecule has 3 rings (SSSR count). The SMILES string of the molecule is CC(C)N1CCCN(C(=O)OC2CCN(C3CC=C(C(N)=O)C=N3)CC2)CC1. The molecule has 8 nitrogen and oxygen atoms in total. The van der Waals surface area contributed by atoms with Crippen LogP contribution >= 0.6 is 0 Å². The van der Waals surface area contributed by atoms with E-state index in [4.69, 9.17) is 10.5 Å². The largest absolute Gasteiger partial charge is 0.446 e. The number of dihydropyridines is 1. The summed E-state index contributed by atoms with van der Waals surface area (Å²) in [5.74, 6) is -0.433. The van der Waals surface area contributed by atoms with Crippen molar-refractivity contribution in [2.24, 2.45) is 10.7 Å². The molecule has 2 N–H and O–H groups in total. The lowest BCUT2D eigenvalue weighted by molar-refractivity contribution is -0.114. The Bertz CT molecular complexity index is 625. The number of carbonyl (C=O) groups excluding carboxylic acids is 2. The highest BCUT2D eigenvalue weighted by atomic mass is 16.6. The van der Waals surface area contributed by atoms with Crippen molar-refractivity contribution >= 4 is 18.2 Å². The zero-order valence-corrected chi connectivity index (χ0v) is 17.0. The van der Waals surface area contributed by atoms with Crippen LogP contribution in [0.25, 0.3) is 0 Å². The summed E-state index contributed by atoms with van der Waals surface area (Å²) in [4.78, 5) is 34.8. The van der Waals surface area contributed by atoms with E-state index >= 15 is 0 Å². The van der Waals surface area contributed by atoms with Gasteiger partial charge in [0.2, 0.25) is 5.91 Å². The Morgan fingerprint density at radius 1 is 1.14 bits per heavy atom. The van der Waals surface area contributed by atoms with Crippen LogP contribution in [-0.4, -0.2) is 90.5 Å². The fraction of sp³-hybridized carbons (Fsp3) is 0.750. The van der Waals surface area contributed by atoms with Crippen molar-refractivity contribution in [3.63, 3.8) is 0 Å². The quantitative estimate of drug-likeness (QED) is 0.778. The van der Waals surface area contributed by atoms with E-state index in [0.717, 1.165) is 58.5 Å². The molecule has 28 heavy (non-hydrogen) atoms. The molecule has 0 aromatic rings. The van der Waals surface area contributed by atoms with Gasteiger partial charge in [0.25, 0.3) is 0 Å². The Morgan fingerprint density at radius 3 is 2.50 bits per heavy atom. The molecule has 0 aromatic heterocycles. The Morgan fingerprint density at radius 2 is 1.89 bits per heavy atom. The summed E-state index contributed by atoms with van der Waals surface area (Å²) in [5, 5.41) is 0. The number of amides is 2. The summed E-state index contributed by atoms with van der Waals surface area (Å²) in [7, 11) is 0. The maximum absolute atomic E-state index is 12.6. The number of nitrogens with zero attached hydrogens (tertiary/aromatic N) is 4. The molecule has 2 saturated heterocycles. The third-order valence-corrected chi connectivity index (χ3v) is 5.90. The van der Waals surface area contributed by atoms with Crippen LogP contribution < -0.4 is 5.73 Å². The minimum atomic E-state index is -0.433. The van der Waals surface area contributed by atoms with E-state index < -0.39 is 5.91 Å². The Labute approximate surface area is 167 Å². The number of hydrogen-bond acceptors (Lipinski definition) is 6. The third-order valence-electron chi connectivity index (χ3n) is 5.90. The summed E-state index contributed by atoms with van der Waals surface area (Å²) >= 11 is 0. The molecule has 3 heterocycles. The molecule has 0 aromatic carbocycles. The molecular formula is C20H33N5O3. The second kappa shape index (κ2) is 9.52. The molecule has 0 bridgehead atoms. The zero-order chi connectivity index (χ0) is 20.1. The van der Waals surface area contributed by atoms with Gasteiger partial charge in [0.15, 0.2) is 0 Å². The van der Waals surface area contributed by atoms with Crippen molar-refractivity contribution in [2.75, 3.05) is 39.3 Å². The first-order valence-corrected chi connectivity index (χ1v) is 10.4. The minimum absolute atomic E-state index is 0.0301. The van der Waals surface area contributed by atoms with Crippen LogP contribution in [0, 0.1) is 0 Å². The summed E-state index contributed by atoms with van der Waals surface area (Å²) < 4.78 is 5.80. The number of piperidine rings is 1. The van der Waals surface area contributed by atoms with Crippen molar-refractivity contribution in [1.29, 1.82) is 0 Å². The van der Waals surface area contributed by atoms with Gasteiger partial charge in [-0.25, -0.2) is 4.79 Å². The lowest BCUT2D eigenvalue weighted by atomic mass is 10.0. The Kier molecular flexibility index (Phi) is 7.07. The van der Waals surface area contributed by atoms with Crippen LogP contribution in [0.4, 0.5) is 4.79 Å². The van der Waals surface area contributed by atoms with Crippen molar-refractivity contribution in [3.8, 4) is 0 Å². The first kappa shape index (κ1) is 20.8. The second-order valence-electron chi connectivity index (χ2n) is 8.11. The number of nitrogens with two attached hydrogens (primary N) is 1. The van der Waals surface area contributed by atoms with Gasteiger partial charge in [-0.15, -0.1) is 0 Å². The molecule has 156 valence electrons. The second-order valence-corrected chi connectivity index (χ2v) is 8.11. The van der Waals surface area contributed by atoms with Gasteiger partial charge in [0.05, 0.1) is 5.57 Å². The maximum atomic E-state index is 12.6. The van der Waals surface area contributed by atoms with E-state index in [1.54, 1.807) is 6.21 Å². The summed E-state index contributed by atoms with van der Waals surface area (Å²) in [5.41, 5.74) is 5.76. The normalized spacial score (nSPS) is 25.5. The number of likely N-dealkylation sites (tertiary alicyclic amines) is 1. The molecule has 2 amide bonds. The minimum Gasteiger partial charge on any atom is -0.446 e. The van der Waals surface area contributed by atoms with Crippen LogP contribution in [0.5, 0.6) is 0 Å². The number of rotatable bonds is 4. The number of aliphatic imine (C=N–C) groups is 1. The Hall–Kier alpha value is -1.93. The van der Waals surface area contributed by atoms with E-state index in [0.29, 0.717) is 18.0 Å². The molecule has 0 spiro atoms. The fourth-order valence-electron chi connectivity index (χ4n) is 4.07. The van der Waals surface area contributed by atoms with Crippen molar-refractivity contribution in [3.05, 3.63) is 11.6 Å². The van der Waals surface area contributed by atoms with Crippen LogP contribution in [0.2, 0.25) is 0 Å². The first-order chi connectivity index (χ1) is 13.4. The van der Waals surface area contributed by atoms with Gasteiger partial charge in [0.1, 0.15) is 12.3 Å². The van der Waals surface area contributed by atoms with E-state index in [1.165, 1.54) is 0 Å². The highest BCUT2D eigenvalue weighted by Gasteiger charge is 2.29. The predicted octanol–water partition coefficient (Wildman–Crippen LogP) is 1.22. The third kappa shape index (κ3) is 5.32. The lowest BCUT2D eigenvalue weighted by Gasteiger charge is -2.36. The van der Waals surface area contributed by atoms with Gasteiger partial charge in [-0.3, -0.25) is 19.6 Å². The molecule has 8 heteroatoms. The highest BCUT2D eigenvalue weighted by molar-refractivity contribution is 6.11. The molecule has 3 aliphatic rings. The summed E-state index contributed by atoms with van der Waals surface area (Å²) in [6.07, 6.45) is 6.59. The molecule has 0 aliphatic carbocycles. The lowest BCUT2D eigenvalue weighted by Crippen LogP contribution is -2.45. The van der Waals surface area contributed by atoms with Gasteiger partial charge in [-0.1, -0.05) is 6.08 Å². The van der Waals surface area contributed by atoms with E-state index in [-0.39, 0.29) is 18.4 Å². The van der Waals surface area contributed by atoms with Gasteiger partial charge < -0.3 is 15.4 Å². The van der Waals surface area contributed by atoms with Crippen LogP contribution in [0.1, 0.15) is 39.5 Å². The highest BCUT2D eigenvalue weighted by Crippen LogP contribution is 2.21. The maximum Gasteiger partial charge on any atom is 0.410 e. The number of carbonyl (C=O) groups is 2. The molecule has 1 atom stereocenters. The van der Waals surface area contributed by atoms with Gasteiger partial charge in [0, 0.05) is 57.9 Å². The van der Waals surface area contributed by atoms with Gasteiger partial charge >= 0.3 is 6.09 Å². The van der Waals surface area contributed by atoms with E-state index in [2.05, 4.69) is 28.6 Å². The number of primary amides is 1. The zero-order valence-electron chi connectivity index (χ0n) is 17.0. The topological polar surface area (TPSA) is 91.5 Å². The smallest absolute Gasteiger partial charge is 0.410 e. The number of ether oxygens (including phenoxy) is 1. The fourth-order valence-corrected chi connectivity index (χ4v) is 4.07. The Balaban J connectivity index is 1.41. The standard InChI is InChI=1S/C20H33N5O3/c1-15(2)23-8-3-9-25(13-12-23)20(27)28-17-6-10-24(11-7-17)18-5-4-16(14-22-18)19(21)26/h4,14-15,17-18H,3,5-13H2,1-2H3,(H2,21,26). The van der Waals surface area contributed by atoms with Gasteiger partial charge in [-0.2, -0.15) is 0 Å². The van der Waals surface area contributed by atoms with E-state index in [9.17, 15) is 9.59 Å². The monoisotopic (exact) mass is 391 g/mol. The van der Waals surface area contributed by atoms with Crippen molar-refractivity contribution in [1.82, 2.24) is 14.7 Å². The number of hydrogen-bond donors (Lipinski definition) is 1. The van der Waals surface area contributed by atoms with E-state index in [1.807, 2.05) is 11.0 Å². The molecule has 3 aliphatic heterocycles. The molecule has 2 fully saturated rings. The molecule has 0 radical (unpaired) electrons. The summed E-state index contributed by atoms with van der Waals surface area (Å²) in [6.45, 7) is 9.51. The predicted molar refractivity (Wildman–Crippen MR) is 108 cm³/mol.